The van der Waals surface area contributed by atoms with Gasteiger partial charge in [0.1, 0.15) is 5.69 Å². The molecule has 25 heavy (non-hydrogen) atoms. The predicted molar refractivity (Wildman–Crippen MR) is 90.2 cm³/mol. The second-order valence-electron chi connectivity index (χ2n) is 6.45. The minimum atomic E-state index is -0.0755. The van der Waals surface area contributed by atoms with Gasteiger partial charge in [-0.2, -0.15) is 0 Å². The molecule has 2 atom stereocenters. The van der Waals surface area contributed by atoms with Gasteiger partial charge in [0.2, 0.25) is 0 Å². The van der Waals surface area contributed by atoms with E-state index in [0.717, 1.165) is 0 Å². The van der Waals surface area contributed by atoms with Crippen molar-refractivity contribution in [2.45, 2.75) is 33.0 Å². The van der Waals surface area contributed by atoms with Crippen LogP contribution in [0.5, 0.6) is 0 Å². The molecule has 0 aliphatic carbocycles. The maximum atomic E-state index is 13.2. The summed E-state index contributed by atoms with van der Waals surface area (Å²) in [7, 11) is 0. The normalized spacial score (nSPS) is 21.0. The molecule has 7 heteroatoms. The fourth-order valence-electron chi connectivity index (χ4n) is 3.33. The van der Waals surface area contributed by atoms with Crippen molar-refractivity contribution < 1.29 is 18.5 Å². The molecule has 0 aromatic carbocycles. The number of nitrogens with zero attached hydrogens (tertiary/aromatic N) is 3. The average molecular weight is 341 g/mol. The summed E-state index contributed by atoms with van der Waals surface area (Å²) >= 11 is 0. The van der Waals surface area contributed by atoms with Crippen LogP contribution in [0.15, 0.2) is 33.4 Å². The molecule has 1 amide bonds. The number of rotatable bonds is 2. The van der Waals surface area contributed by atoms with E-state index in [0.29, 0.717) is 46.9 Å². The molecule has 7 nitrogen and oxygen atoms in total. The highest BCUT2D eigenvalue weighted by Gasteiger charge is 2.29. The zero-order valence-corrected chi connectivity index (χ0v) is 14.4. The number of carbonyl (C=O) groups excluding carboxylic acids is 1. The summed E-state index contributed by atoms with van der Waals surface area (Å²) in [5.74, 6) is 0.502. The number of aromatic nitrogens is 2. The van der Waals surface area contributed by atoms with Gasteiger partial charge in [-0.1, -0.05) is 5.16 Å². The highest BCUT2D eigenvalue weighted by atomic mass is 16.5. The largest absolute Gasteiger partial charge is 0.463 e. The van der Waals surface area contributed by atoms with Crippen molar-refractivity contribution in [1.82, 2.24) is 15.0 Å². The molecule has 2 unspecified atom stereocenters. The quantitative estimate of drug-likeness (QED) is 0.712. The molecule has 0 spiro atoms. The summed E-state index contributed by atoms with van der Waals surface area (Å²) in [5, 5.41) is 4.62. The summed E-state index contributed by atoms with van der Waals surface area (Å²) in [5.41, 5.74) is 2.05. The van der Waals surface area contributed by atoms with E-state index in [1.807, 2.05) is 18.7 Å². The third-order valence-corrected chi connectivity index (χ3v) is 4.33. The Morgan fingerprint density at radius 3 is 2.72 bits per heavy atom. The van der Waals surface area contributed by atoms with Crippen LogP contribution in [0.1, 0.15) is 29.9 Å². The Hall–Kier alpha value is -2.67. The van der Waals surface area contributed by atoms with Crippen LogP contribution in [0.3, 0.4) is 0 Å². The van der Waals surface area contributed by atoms with Gasteiger partial charge >= 0.3 is 0 Å². The number of pyridine rings is 1. The SMILES string of the molecule is Cc1noc2nc(-c3ccco3)cc(C(=O)N3CC(C)OC(C)C3)c12. The first-order valence-electron chi connectivity index (χ1n) is 8.28. The number of furan rings is 1. The van der Waals surface area contributed by atoms with E-state index in [1.54, 1.807) is 31.4 Å². The number of aryl methyl sites for hydroxylation is 1. The minimum absolute atomic E-state index is 0.00172. The molecule has 3 aromatic rings. The lowest BCUT2D eigenvalue weighted by atomic mass is 10.1. The van der Waals surface area contributed by atoms with Crippen LogP contribution in [-0.4, -0.2) is 46.2 Å². The van der Waals surface area contributed by atoms with Crippen LogP contribution in [-0.2, 0) is 4.74 Å². The summed E-state index contributed by atoms with van der Waals surface area (Å²) in [6.45, 7) is 6.84. The summed E-state index contributed by atoms with van der Waals surface area (Å²) < 4.78 is 16.5. The third kappa shape index (κ3) is 2.80. The minimum Gasteiger partial charge on any atom is -0.463 e. The molecule has 0 bridgehead atoms. The van der Waals surface area contributed by atoms with Gasteiger partial charge in [0.05, 0.1) is 35.1 Å². The van der Waals surface area contributed by atoms with E-state index in [2.05, 4.69) is 10.1 Å². The molecule has 1 fully saturated rings. The maximum Gasteiger partial charge on any atom is 0.259 e. The molecular formula is C18H19N3O4. The first kappa shape index (κ1) is 15.8. The second kappa shape index (κ2) is 6.00. The molecule has 130 valence electrons. The molecule has 4 heterocycles. The number of hydrogen-bond donors (Lipinski definition) is 0. The number of hydrogen-bond acceptors (Lipinski definition) is 6. The van der Waals surface area contributed by atoms with Gasteiger partial charge in [-0.15, -0.1) is 0 Å². The van der Waals surface area contributed by atoms with Gasteiger partial charge in [0, 0.05) is 13.1 Å². The first-order valence-corrected chi connectivity index (χ1v) is 8.28. The molecule has 0 N–H and O–H groups in total. The first-order chi connectivity index (χ1) is 12.0. The standard InChI is InChI=1S/C18H19N3O4/c1-10-8-21(9-11(2)24-10)18(22)13-7-14(15-5-4-6-23-15)19-17-16(13)12(3)20-25-17/h4-7,10-11H,8-9H2,1-3H3. The van der Waals surface area contributed by atoms with Crippen LogP contribution in [0.25, 0.3) is 22.6 Å². The number of carbonyl (C=O) groups is 1. The van der Waals surface area contributed by atoms with Crippen LogP contribution in [0.2, 0.25) is 0 Å². The topological polar surface area (TPSA) is 81.6 Å². The van der Waals surface area contributed by atoms with Crippen molar-refractivity contribution in [2.24, 2.45) is 0 Å². The van der Waals surface area contributed by atoms with Crippen molar-refractivity contribution in [1.29, 1.82) is 0 Å². The monoisotopic (exact) mass is 341 g/mol. The van der Waals surface area contributed by atoms with Gasteiger partial charge < -0.3 is 18.6 Å². The molecule has 0 saturated carbocycles. The van der Waals surface area contributed by atoms with Crippen LogP contribution >= 0.6 is 0 Å². The van der Waals surface area contributed by atoms with Gasteiger partial charge in [0.25, 0.3) is 11.6 Å². The molecule has 4 rings (SSSR count). The Kier molecular flexibility index (Phi) is 3.80. The molecular weight excluding hydrogens is 322 g/mol. The lowest BCUT2D eigenvalue weighted by Gasteiger charge is -2.35. The van der Waals surface area contributed by atoms with Crippen LogP contribution in [0.4, 0.5) is 0 Å². The highest BCUT2D eigenvalue weighted by Crippen LogP contribution is 2.28. The maximum absolute atomic E-state index is 13.2. The van der Waals surface area contributed by atoms with Gasteiger partial charge in [-0.3, -0.25) is 4.79 Å². The lowest BCUT2D eigenvalue weighted by Crippen LogP contribution is -2.48. The fraction of sp³-hybridized carbons (Fsp3) is 0.389. The summed E-state index contributed by atoms with van der Waals surface area (Å²) in [4.78, 5) is 19.5. The van der Waals surface area contributed by atoms with E-state index in [4.69, 9.17) is 13.7 Å². The van der Waals surface area contributed by atoms with E-state index < -0.39 is 0 Å². The third-order valence-electron chi connectivity index (χ3n) is 4.33. The highest BCUT2D eigenvalue weighted by molar-refractivity contribution is 6.06. The molecule has 1 saturated heterocycles. The van der Waals surface area contributed by atoms with E-state index in [1.165, 1.54) is 0 Å². The number of morpholine rings is 1. The Morgan fingerprint density at radius 1 is 1.28 bits per heavy atom. The van der Waals surface area contributed by atoms with Crippen LogP contribution < -0.4 is 0 Å². The van der Waals surface area contributed by atoms with Gasteiger partial charge in [-0.25, -0.2) is 4.98 Å². The Morgan fingerprint density at radius 2 is 2.04 bits per heavy atom. The second-order valence-corrected chi connectivity index (χ2v) is 6.45. The molecule has 0 radical (unpaired) electrons. The predicted octanol–water partition coefficient (Wildman–Crippen LogP) is 3.04. The van der Waals surface area contributed by atoms with Crippen LogP contribution in [0, 0.1) is 6.92 Å². The van der Waals surface area contributed by atoms with Crippen molar-refractivity contribution in [2.75, 3.05) is 13.1 Å². The van der Waals surface area contributed by atoms with Crippen molar-refractivity contribution in [3.8, 4) is 11.5 Å². The van der Waals surface area contributed by atoms with E-state index >= 15 is 0 Å². The number of ether oxygens (including phenoxy) is 1. The molecule has 1 aliphatic heterocycles. The van der Waals surface area contributed by atoms with E-state index in [-0.39, 0.29) is 18.1 Å². The molecule has 3 aromatic heterocycles. The Balaban J connectivity index is 1.82. The Bertz CT molecular complexity index is 906. The van der Waals surface area contributed by atoms with Crippen molar-refractivity contribution >= 4 is 17.0 Å². The zero-order valence-electron chi connectivity index (χ0n) is 14.4. The zero-order chi connectivity index (χ0) is 17.6. The number of fused-ring (bicyclic) bond motifs is 1. The van der Waals surface area contributed by atoms with Crippen molar-refractivity contribution in [3.63, 3.8) is 0 Å². The fourth-order valence-corrected chi connectivity index (χ4v) is 3.33. The smallest absolute Gasteiger partial charge is 0.259 e. The van der Waals surface area contributed by atoms with E-state index in [9.17, 15) is 4.79 Å². The number of amides is 1. The average Bonchev–Trinajstić information content (AvgIpc) is 3.23. The summed E-state index contributed by atoms with van der Waals surface area (Å²) in [6.07, 6.45) is 1.57. The molecule has 1 aliphatic rings. The van der Waals surface area contributed by atoms with Gasteiger partial charge in [-0.05, 0) is 39.0 Å². The lowest BCUT2D eigenvalue weighted by molar-refractivity contribution is -0.0585. The summed E-state index contributed by atoms with van der Waals surface area (Å²) in [6, 6.07) is 5.32. The Labute approximate surface area is 144 Å². The van der Waals surface area contributed by atoms with Gasteiger partial charge in [0.15, 0.2) is 5.76 Å². The van der Waals surface area contributed by atoms with Crippen molar-refractivity contribution in [3.05, 3.63) is 35.7 Å².